The number of amides is 1. The number of carbonyl (C=O) groups is 1. The Morgan fingerprint density at radius 1 is 1.73 bits per heavy atom. The van der Waals surface area contributed by atoms with Gasteiger partial charge in [-0.05, 0) is 24.5 Å². The minimum Gasteiger partial charge on any atom is -0.459 e. The molecule has 1 saturated heterocycles. The van der Waals surface area contributed by atoms with E-state index in [1.807, 2.05) is 4.90 Å². The first-order valence-electron chi connectivity index (χ1n) is 5.14. The lowest BCUT2D eigenvalue weighted by Gasteiger charge is -2.23. The Balaban J connectivity index is 2.14. The van der Waals surface area contributed by atoms with E-state index in [0.717, 1.165) is 13.0 Å². The molecule has 1 aliphatic rings. The third-order valence-electron chi connectivity index (χ3n) is 3.03. The Hall–Kier alpha value is -0.960. The third-order valence-corrected chi connectivity index (χ3v) is 3.35. The second-order valence-electron chi connectivity index (χ2n) is 3.96. The summed E-state index contributed by atoms with van der Waals surface area (Å²) < 4.78 is 5.10. The Bertz CT molecular complexity index is 336. The number of hydrogen-bond donors (Lipinski definition) is 0. The van der Waals surface area contributed by atoms with E-state index in [1.54, 1.807) is 12.1 Å². The van der Waals surface area contributed by atoms with Gasteiger partial charge in [-0.15, -0.1) is 11.6 Å². The molecule has 0 spiro atoms. The van der Waals surface area contributed by atoms with Crippen LogP contribution in [-0.2, 0) is 0 Å². The zero-order chi connectivity index (χ0) is 10.8. The van der Waals surface area contributed by atoms with Crippen LogP contribution in [0, 0.1) is 5.92 Å². The van der Waals surface area contributed by atoms with Gasteiger partial charge in [-0.3, -0.25) is 4.79 Å². The maximum Gasteiger partial charge on any atom is 0.289 e. The molecular weight excluding hydrogens is 214 g/mol. The molecule has 1 amide bonds. The summed E-state index contributed by atoms with van der Waals surface area (Å²) in [5, 5.41) is 0. The van der Waals surface area contributed by atoms with E-state index in [4.69, 9.17) is 16.0 Å². The van der Waals surface area contributed by atoms with E-state index in [-0.39, 0.29) is 11.9 Å². The highest BCUT2D eigenvalue weighted by Gasteiger charge is 2.34. The van der Waals surface area contributed by atoms with Crippen molar-refractivity contribution in [1.82, 2.24) is 4.90 Å². The van der Waals surface area contributed by atoms with Crippen molar-refractivity contribution in [2.75, 3.05) is 12.4 Å². The second kappa shape index (κ2) is 4.27. The van der Waals surface area contributed by atoms with Crippen LogP contribution in [0.25, 0.3) is 0 Å². The third kappa shape index (κ3) is 1.88. The highest BCUT2D eigenvalue weighted by molar-refractivity contribution is 6.18. The molecule has 2 heterocycles. The smallest absolute Gasteiger partial charge is 0.289 e. The fourth-order valence-electron chi connectivity index (χ4n) is 2.04. The predicted octanol–water partition coefficient (Wildman–Crippen LogP) is 2.37. The van der Waals surface area contributed by atoms with E-state index in [0.29, 0.717) is 17.6 Å². The van der Waals surface area contributed by atoms with E-state index >= 15 is 0 Å². The Morgan fingerprint density at radius 3 is 3.13 bits per heavy atom. The van der Waals surface area contributed by atoms with Gasteiger partial charge in [0.2, 0.25) is 0 Å². The van der Waals surface area contributed by atoms with Gasteiger partial charge < -0.3 is 9.32 Å². The maximum atomic E-state index is 12.0. The summed E-state index contributed by atoms with van der Waals surface area (Å²) >= 11 is 5.88. The Kier molecular flexibility index (Phi) is 3.00. The highest BCUT2D eigenvalue weighted by atomic mass is 35.5. The molecule has 2 atom stereocenters. The lowest BCUT2D eigenvalue weighted by atomic mass is 10.1. The summed E-state index contributed by atoms with van der Waals surface area (Å²) in [5.74, 6) is 1.32. The Morgan fingerprint density at radius 2 is 2.53 bits per heavy atom. The van der Waals surface area contributed by atoms with Crippen LogP contribution >= 0.6 is 11.6 Å². The number of halogens is 1. The molecule has 2 unspecified atom stereocenters. The molecule has 0 bridgehead atoms. The molecule has 1 fully saturated rings. The molecule has 1 aliphatic heterocycles. The first-order valence-corrected chi connectivity index (χ1v) is 5.68. The number of carbonyl (C=O) groups excluding carboxylic acids is 1. The van der Waals surface area contributed by atoms with E-state index < -0.39 is 0 Å². The maximum absolute atomic E-state index is 12.0. The van der Waals surface area contributed by atoms with Gasteiger partial charge in [0, 0.05) is 18.5 Å². The van der Waals surface area contributed by atoms with Crippen molar-refractivity contribution in [3.05, 3.63) is 24.2 Å². The van der Waals surface area contributed by atoms with Crippen LogP contribution < -0.4 is 0 Å². The second-order valence-corrected chi connectivity index (χ2v) is 4.27. The number of furan rings is 1. The number of hydrogen-bond acceptors (Lipinski definition) is 2. The standard InChI is InChI=1S/C11H14ClNO2/c1-8-4-5-13(9(8)7-12)11(14)10-3-2-6-15-10/h2-3,6,8-9H,4-5,7H2,1H3. The van der Waals surface area contributed by atoms with Crippen LogP contribution in [0.5, 0.6) is 0 Å². The van der Waals surface area contributed by atoms with Gasteiger partial charge in [0.25, 0.3) is 5.91 Å². The van der Waals surface area contributed by atoms with Crippen molar-refractivity contribution in [2.24, 2.45) is 5.92 Å². The van der Waals surface area contributed by atoms with Crippen molar-refractivity contribution in [2.45, 2.75) is 19.4 Å². The van der Waals surface area contributed by atoms with Crippen LogP contribution in [0.1, 0.15) is 23.9 Å². The Labute approximate surface area is 94.0 Å². The summed E-state index contributed by atoms with van der Waals surface area (Å²) in [6.07, 6.45) is 2.53. The number of rotatable bonds is 2. The zero-order valence-electron chi connectivity index (χ0n) is 8.65. The summed E-state index contributed by atoms with van der Waals surface area (Å²) in [7, 11) is 0. The molecule has 0 aromatic carbocycles. The zero-order valence-corrected chi connectivity index (χ0v) is 9.41. The van der Waals surface area contributed by atoms with Crippen molar-refractivity contribution < 1.29 is 9.21 Å². The van der Waals surface area contributed by atoms with Gasteiger partial charge >= 0.3 is 0 Å². The minimum atomic E-state index is -0.0463. The highest BCUT2D eigenvalue weighted by Crippen LogP contribution is 2.26. The monoisotopic (exact) mass is 227 g/mol. The van der Waals surface area contributed by atoms with Crippen LogP contribution in [0.15, 0.2) is 22.8 Å². The number of likely N-dealkylation sites (tertiary alicyclic amines) is 1. The van der Waals surface area contributed by atoms with Crippen molar-refractivity contribution >= 4 is 17.5 Å². The molecule has 0 saturated carbocycles. The van der Waals surface area contributed by atoms with Crippen molar-refractivity contribution in [1.29, 1.82) is 0 Å². The van der Waals surface area contributed by atoms with Gasteiger partial charge in [-0.25, -0.2) is 0 Å². The minimum absolute atomic E-state index is 0.0463. The molecule has 0 aliphatic carbocycles. The van der Waals surface area contributed by atoms with E-state index in [2.05, 4.69) is 6.92 Å². The lowest BCUT2D eigenvalue weighted by Crippen LogP contribution is -2.38. The normalized spacial score (nSPS) is 25.9. The summed E-state index contributed by atoms with van der Waals surface area (Å²) in [6, 6.07) is 3.56. The molecule has 1 aromatic rings. The molecular formula is C11H14ClNO2. The summed E-state index contributed by atoms with van der Waals surface area (Å²) in [6.45, 7) is 2.90. The first-order chi connectivity index (χ1) is 7.24. The van der Waals surface area contributed by atoms with Crippen molar-refractivity contribution in [3.63, 3.8) is 0 Å². The molecule has 0 N–H and O–H groups in total. The average molecular weight is 228 g/mol. The quantitative estimate of drug-likeness (QED) is 0.727. The number of alkyl halides is 1. The lowest BCUT2D eigenvalue weighted by molar-refractivity contribution is 0.0705. The van der Waals surface area contributed by atoms with Gasteiger partial charge in [0.1, 0.15) is 0 Å². The summed E-state index contributed by atoms with van der Waals surface area (Å²) in [4.78, 5) is 13.8. The van der Waals surface area contributed by atoms with Gasteiger partial charge in [-0.2, -0.15) is 0 Å². The van der Waals surface area contributed by atoms with Gasteiger partial charge in [0.15, 0.2) is 5.76 Å². The molecule has 0 radical (unpaired) electrons. The first kappa shape index (κ1) is 10.6. The van der Waals surface area contributed by atoms with Crippen LogP contribution in [0.2, 0.25) is 0 Å². The van der Waals surface area contributed by atoms with Crippen molar-refractivity contribution in [3.8, 4) is 0 Å². The predicted molar refractivity (Wildman–Crippen MR) is 58.0 cm³/mol. The average Bonchev–Trinajstić information content (AvgIpc) is 2.85. The molecule has 2 rings (SSSR count). The summed E-state index contributed by atoms with van der Waals surface area (Å²) in [5.41, 5.74) is 0. The van der Waals surface area contributed by atoms with Crippen LogP contribution in [0.3, 0.4) is 0 Å². The van der Waals surface area contributed by atoms with Crippen LogP contribution in [-0.4, -0.2) is 29.3 Å². The van der Waals surface area contributed by atoms with Gasteiger partial charge in [0.05, 0.1) is 6.26 Å². The molecule has 4 heteroatoms. The van der Waals surface area contributed by atoms with Crippen LogP contribution in [0.4, 0.5) is 0 Å². The molecule has 3 nitrogen and oxygen atoms in total. The van der Waals surface area contributed by atoms with E-state index in [9.17, 15) is 4.79 Å². The number of nitrogens with zero attached hydrogens (tertiary/aromatic N) is 1. The fourth-order valence-corrected chi connectivity index (χ4v) is 2.51. The SMILES string of the molecule is CC1CCN(C(=O)c2ccco2)C1CCl. The largest absolute Gasteiger partial charge is 0.459 e. The van der Waals surface area contributed by atoms with Gasteiger partial charge in [-0.1, -0.05) is 6.92 Å². The van der Waals surface area contributed by atoms with E-state index in [1.165, 1.54) is 6.26 Å². The molecule has 15 heavy (non-hydrogen) atoms. The topological polar surface area (TPSA) is 33.5 Å². The molecule has 82 valence electrons. The fraction of sp³-hybridized carbons (Fsp3) is 0.545. The molecule has 1 aromatic heterocycles.